The van der Waals surface area contributed by atoms with Gasteiger partial charge in [0.15, 0.2) is 0 Å². The number of hydrogen-bond donors (Lipinski definition) is 1. The lowest BCUT2D eigenvalue weighted by atomic mass is 9.94. The number of ketones is 1. The van der Waals surface area contributed by atoms with Crippen molar-refractivity contribution in [3.8, 4) is 5.75 Å². The van der Waals surface area contributed by atoms with Crippen molar-refractivity contribution in [3.63, 3.8) is 0 Å². The lowest BCUT2D eigenvalue weighted by molar-refractivity contribution is -0.140. The minimum Gasteiger partial charge on any atom is -0.507 e. The lowest BCUT2D eigenvalue weighted by Crippen LogP contribution is -2.31. The number of esters is 1. The highest BCUT2D eigenvalue weighted by Crippen LogP contribution is 2.39. The van der Waals surface area contributed by atoms with Crippen LogP contribution in [0.1, 0.15) is 45.1 Å². The fourth-order valence-corrected chi connectivity index (χ4v) is 4.55. The second-order valence-corrected chi connectivity index (χ2v) is 9.19. The van der Waals surface area contributed by atoms with Gasteiger partial charge in [0.25, 0.3) is 11.7 Å². The molecule has 1 amide bonds. The average molecular weight is 530 g/mol. The van der Waals surface area contributed by atoms with E-state index < -0.39 is 23.7 Å². The van der Waals surface area contributed by atoms with Crippen molar-refractivity contribution in [2.24, 2.45) is 0 Å². The largest absolute Gasteiger partial charge is 0.507 e. The van der Waals surface area contributed by atoms with Gasteiger partial charge >= 0.3 is 5.97 Å². The Morgan fingerprint density at radius 3 is 2.23 bits per heavy atom. The molecule has 202 valence electrons. The van der Waals surface area contributed by atoms with E-state index in [0.717, 1.165) is 11.1 Å². The van der Waals surface area contributed by atoms with Crippen LogP contribution in [0.2, 0.25) is 0 Å². The molecule has 0 aromatic heterocycles. The summed E-state index contributed by atoms with van der Waals surface area (Å²) in [5.74, 6) is -1.65. The summed E-state index contributed by atoms with van der Waals surface area (Å²) in [6, 6.07) is 20.3. The number of hydrogen-bond acceptors (Lipinski definition) is 7. The number of amides is 1. The number of ether oxygens (including phenoxy) is 3. The summed E-state index contributed by atoms with van der Waals surface area (Å²) >= 11 is 0. The molecule has 0 spiro atoms. The molecule has 1 unspecified atom stereocenters. The third-order valence-corrected chi connectivity index (χ3v) is 6.72. The van der Waals surface area contributed by atoms with Crippen molar-refractivity contribution in [2.45, 2.75) is 26.0 Å². The quantitative estimate of drug-likeness (QED) is 0.132. The number of aryl methyl sites for hydroxylation is 1. The third kappa shape index (κ3) is 6.02. The Bertz CT molecular complexity index is 1380. The van der Waals surface area contributed by atoms with E-state index in [1.54, 1.807) is 55.6 Å². The first kappa shape index (κ1) is 27.6. The molecule has 4 rings (SSSR count). The number of carbonyl (C=O) groups is 3. The Labute approximate surface area is 227 Å². The van der Waals surface area contributed by atoms with Crippen LogP contribution >= 0.6 is 0 Å². The van der Waals surface area contributed by atoms with Gasteiger partial charge in [0.1, 0.15) is 18.1 Å². The molecule has 1 aliphatic heterocycles. The van der Waals surface area contributed by atoms with E-state index in [1.165, 1.54) is 12.0 Å². The standard InChI is InChI=1S/C31H31NO7/c1-20-7-4-5-8-24(20)19-39-25-15-13-22(14-16-25)28(33)26-27(21-9-11-23(12-10-21)31(36)38-3)32(17-6-18-37-2)30(35)29(26)34/h4-5,7-16,27,33H,6,17-19H2,1-3H3/b28-26+. The Balaban J connectivity index is 1.65. The number of aliphatic hydroxyl groups is 1. The zero-order valence-electron chi connectivity index (χ0n) is 22.2. The minimum absolute atomic E-state index is 0.0168. The van der Waals surface area contributed by atoms with Gasteiger partial charge in [-0.05, 0) is 66.4 Å². The number of carbonyl (C=O) groups excluding carboxylic acids is 3. The van der Waals surface area contributed by atoms with Crippen molar-refractivity contribution in [1.29, 1.82) is 0 Å². The van der Waals surface area contributed by atoms with Crippen LogP contribution in [0.5, 0.6) is 5.75 Å². The maximum atomic E-state index is 13.2. The van der Waals surface area contributed by atoms with Gasteiger partial charge in [-0.15, -0.1) is 0 Å². The summed E-state index contributed by atoms with van der Waals surface area (Å²) in [7, 11) is 2.85. The Morgan fingerprint density at radius 2 is 1.59 bits per heavy atom. The molecular weight excluding hydrogens is 498 g/mol. The predicted octanol–water partition coefficient (Wildman–Crippen LogP) is 4.82. The summed E-state index contributed by atoms with van der Waals surface area (Å²) in [5.41, 5.74) is 3.47. The van der Waals surface area contributed by atoms with E-state index in [-0.39, 0.29) is 17.9 Å². The first-order chi connectivity index (χ1) is 18.8. The van der Waals surface area contributed by atoms with Crippen LogP contribution in [0.4, 0.5) is 0 Å². The maximum Gasteiger partial charge on any atom is 0.337 e. The predicted molar refractivity (Wildman–Crippen MR) is 145 cm³/mol. The number of rotatable bonds is 10. The van der Waals surface area contributed by atoms with Crippen molar-refractivity contribution < 1.29 is 33.7 Å². The van der Waals surface area contributed by atoms with Gasteiger partial charge in [0.05, 0.1) is 24.3 Å². The summed E-state index contributed by atoms with van der Waals surface area (Å²) in [4.78, 5) is 39.6. The van der Waals surface area contributed by atoms with Crippen LogP contribution in [-0.2, 0) is 25.7 Å². The van der Waals surface area contributed by atoms with Gasteiger partial charge in [0, 0.05) is 25.8 Å². The number of benzene rings is 3. The molecule has 1 saturated heterocycles. The number of nitrogens with zero attached hydrogens (tertiary/aromatic N) is 1. The van der Waals surface area contributed by atoms with E-state index in [9.17, 15) is 19.5 Å². The molecular formula is C31H31NO7. The first-order valence-electron chi connectivity index (χ1n) is 12.6. The molecule has 0 aliphatic carbocycles. The van der Waals surface area contributed by atoms with Gasteiger partial charge in [-0.1, -0.05) is 36.4 Å². The molecule has 8 nitrogen and oxygen atoms in total. The van der Waals surface area contributed by atoms with Crippen LogP contribution in [0, 0.1) is 6.92 Å². The van der Waals surface area contributed by atoms with Gasteiger partial charge < -0.3 is 24.2 Å². The Morgan fingerprint density at radius 1 is 0.923 bits per heavy atom. The van der Waals surface area contributed by atoms with Crippen molar-refractivity contribution in [1.82, 2.24) is 4.90 Å². The van der Waals surface area contributed by atoms with E-state index >= 15 is 0 Å². The summed E-state index contributed by atoms with van der Waals surface area (Å²) in [5, 5.41) is 11.3. The number of likely N-dealkylation sites (tertiary alicyclic amines) is 1. The molecule has 1 fully saturated rings. The number of aliphatic hydroxyl groups excluding tert-OH is 1. The van der Waals surface area contributed by atoms with Gasteiger partial charge in [-0.2, -0.15) is 0 Å². The van der Waals surface area contributed by atoms with E-state index in [4.69, 9.17) is 14.2 Å². The van der Waals surface area contributed by atoms with Crippen molar-refractivity contribution >= 4 is 23.4 Å². The van der Waals surface area contributed by atoms with Gasteiger partial charge in [0.2, 0.25) is 0 Å². The summed E-state index contributed by atoms with van der Waals surface area (Å²) in [6.07, 6.45) is 0.507. The molecule has 0 radical (unpaired) electrons. The summed E-state index contributed by atoms with van der Waals surface area (Å²) < 4.78 is 15.8. The molecule has 3 aromatic rings. The Hall–Kier alpha value is -4.43. The van der Waals surface area contributed by atoms with Crippen LogP contribution < -0.4 is 4.74 Å². The average Bonchev–Trinajstić information content (AvgIpc) is 3.21. The third-order valence-electron chi connectivity index (χ3n) is 6.72. The maximum absolute atomic E-state index is 13.2. The molecule has 0 bridgehead atoms. The molecule has 1 aliphatic rings. The normalized spacial score (nSPS) is 16.4. The minimum atomic E-state index is -0.828. The summed E-state index contributed by atoms with van der Waals surface area (Å²) in [6.45, 7) is 3.07. The van der Waals surface area contributed by atoms with Crippen molar-refractivity contribution in [3.05, 3.63) is 106 Å². The Kier molecular flexibility index (Phi) is 8.78. The van der Waals surface area contributed by atoms with Crippen LogP contribution in [-0.4, -0.2) is 55.0 Å². The second-order valence-electron chi connectivity index (χ2n) is 9.19. The van der Waals surface area contributed by atoms with Gasteiger partial charge in [-0.3, -0.25) is 9.59 Å². The molecule has 1 atom stereocenters. The van der Waals surface area contributed by atoms with Crippen LogP contribution in [0.3, 0.4) is 0 Å². The zero-order valence-corrected chi connectivity index (χ0v) is 22.2. The SMILES string of the molecule is COCCCN1C(=O)C(=O)/C(=C(/O)c2ccc(OCc3ccccc3C)cc2)C1c1ccc(C(=O)OC)cc1. The topological polar surface area (TPSA) is 102 Å². The first-order valence-corrected chi connectivity index (χ1v) is 12.6. The van der Waals surface area contributed by atoms with Crippen LogP contribution in [0.15, 0.2) is 78.4 Å². The molecule has 8 heteroatoms. The second kappa shape index (κ2) is 12.4. The van der Waals surface area contributed by atoms with Crippen molar-refractivity contribution in [2.75, 3.05) is 27.4 Å². The number of methoxy groups -OCH3 is 2. The molecule has 39 heavy (non-hydrogen) atoms. The van der Waals surface area contributed by atoms with Crippen LogP contribution in [0.25, 0.3) is 5.76 Å². The lowest BCUT2D eigenvalue weighted by Gasteiger charge is -2.25. The van der Waals surface area contributed by atoms with E-state index in [0.29, 0.717) is 42.1 Å². The highest BCUT2D eigenvalue weighted by atomic mass is 16.5. The molecule has 1 heterocycles. The molecule has 1 N–H and O–H groups in total. The highest BCUT2D eigenvalue weighted by molar-refractivity contribution is 6.46. The fraction of sp³-hybridized carbons (Fsp3) is 0.258. The fourth-order valence-electron chi connectivity index (χ4n) is 4.55. The highest BCUT2D eigenvalue weighted by Gasteiger charge is 2.45. The molecule has 3 aromatic carbocycles. The monoisotopic (exact) mass is 529 g/mol. The van der Waals surface area contributed by atoms with E-state index in [1.807, 2.05) is 31.2 Å². The zero-order chi connectivity index (χ0) is 27.9. The molecule has 0 saturated carbocycles. The smallest absolute Gasteiger partial charge is 0.337 e. The van der Waals surface area contributed by atoms with Gasteiger partial charge in [-0.25, -0.2) is 4.79 Å². The number of Topliss-reactive ketones (excluding diaryl/α,β-unsaturated/α-hetero) is 1. The van der Waals surface area contributed by atoms with E-state index in [2.05, 4.69) is 0 Å².